The van der Waals surface area contributed by atoms with Crippen molar-refractivity contribution >= 4 is 16.6 Å². The van der Waals surface area contributed by atoms with Gasteiger partial charge in [0.05, 0.1) is 28.5 Å². The summed E-state index contributed by atoms with van der Waals surface area (Å²) in [4.78, 5) is 29.3. The molecule has 2 aliphatic heterocycles. The van der Waals surface area contributed by atoms with Gasteiger partial charge in [-0.3, -0.25) is 20.0 Å². The first-order valence-corrected chi connectivity index (χ1v) is 10.4. The highest BCUT2D eigenvalue weighted by Crippen LogP contribution is 2.31. The van der Waals surface area contributed by atoms with Crippen molar-refractivity contribution in [3.8, 4) is 0 Å². The van der Waals surface area contributed by atoms with Gasteiger partial charge in [-0.1, -0.05) is 12.1 Å². The Kier molecular flexibility index (Phi) is 4.98. The number of fused-ring (bicyclic) bond motifs is 1. The van der Waals surface area contributed by atoms with Crippen LogP contribution in [0, 0.1) is 0 Å². The standard InChI is InChI=1S/C22H26N6O2/c1-23-22(30)19-7-6-15(10-24-19)28-12-16(13-28)27-9-8-14(11-27)20-25-18-5-3-2-4-17(18)21(29)26-20/h2-7,10,14,16,22-23,30H,8-9,11-13H2,1H3,(H,25,26,29). The maximum atomic E-state index is 12.4. The van der Waals surface area contributed by atoms with Gasteiger partial charge in [0.15, 0.2) is 0 Å². The topological polar surface area (TPSA) is 97.4 Å². The lowest BCUT2D eigenvalue weighted by atomic mass is 10.1. The first kappa shape index (κ1) is 19.2. The number of H-pyrrole nitrogens is 1. The molecule has 0 amide bonds. The molecule has 8 nitrogen and oxygen atoms in total. The Morgan fingerprint density at radius 2 is 2.03 bits per heavy atom. The number of likely N-dealkylation sites (tertiary alicyclic amines) is 1. The highest BCUT2D eigenvalue weighted by molar-refractivity contribution is 5.77. The number of rotatable bonds is 5. The van der Waals surface area contributed by atoms with Gasteiger partial charge in [0.1, 0.15) is 12.1 Å². The fourth-order valence-electron chi connectivity index (χ4n) is 4.43. The van der Waals surface area contributed by atoms with E-state index >= 15 is 0 Å². The lowest BCUT2D eigenvalue weighted by molar-refractivity contribution is 0.144. The van der Waals surface area contributed by atoms with Crippen LogP contribution in [0.25, 0.3) is 10.9 Å². The predicted molar refractivity (Wildman–Crippen MR) is 116 cm³/mol. The Hall–Kier alpha value is -2.81. The number of nitrogens with zero attached hydrogens (tertiary/aromatic N) is 4. The molecule has 2 aromatic heterocycles. The molecule has 4 heterocycles. The average Bonchev–Trinajstić information content (AvgIpc) is 3.22. The molecule has 8 heteroatoms. The molecular weight excluding hydrogens is 380 g/mol. The van der Waals surface area contributed by atoms with Gasteiger partial charge in [-0.25, -0.2) is 4.98 Å². The summed E-state index contributed by atoms with van der Waals surface area (Å²) in [5.74, 6) is 1.07. The molecular formula is C22H26N6O2. The second kappa shape index (κ2) is 7.79. The Labute approximate surface area is 174 Å². The van der Waals surface area contributed by atoms with Crippen LogP contribution in [0.4, 0.5) is 5.69 Å². The zero-order valence-electron chi connectivity index (χ0n) is 17.0. The van der Waals surface area contributed by atoms with Gasteiger partial charge in [0.25, 0.3) is 5.56 Å². The van der Waals surface area contributed by atoms with Crippen molar-refractivity contribution in [3.63, 3.8) is 0 Å². The van der Waals surface area contributed by atoms with Crippen LogP contribution in [0.2, 0.25) is 0 Å². The Morgan fingerprint density at radius 1 is 1.20 bits per heavy atom. The average molecular weight is 406 g/mol. The first-order chi connectivity index (χ1) is 14.6. The molecule has 2 fully saturated rings. The second-order valence-corrected chi connectivity index (χ2v) is 8.14. The maximum absolute atomic E-state index is 12.4. The van der Waals surface area contributed by atoms with Gasteiger partial charge in [0, 0.05) is 31.6 Å². The molecule has 1 aromatic carbocycles. The first-order valence-electron chi connectivity index (χ1n) is 10.4. The van der Waals surface area contributed by atoms with Crippen molar-refractivity contribution in [2.24, 2.45) is 0 Å². The van der Waals surface area contributed by atoms with E-state index in [9.17, 15) is 9.90 Å². The molecule has 0 spiro atoms. The fraction of sp³-hybridized carbons (Fsp3) is 0.409. The molecule has 5 rings (SSSR count). The van der Waals surface area contributed by atoms with Crippen LogP contribution < -0.4 is 15.8 Å². The number of anilines is 1. The van der Waals surface area contributed by atoms with Crippen LogP contribution in [0.1, 0.15) is 30.1 Å². The lowest BCUT2D eigenvalue weighted by Gasteiger charge is -2.45. The van der Waals surface area contributed by atoms with E-state index in [1.807, 2.05) is 42.6 Å². The third-order valence-electron chi connectivity index (χ3n) is 6.31. The van der Waals surface area contributed by atoms with Crippen molar-refractivity contribution in [1.82, 2.24) is 25.2 Å². The van der Waals surface area contributed by atoms with E-state index in [1.165, 1.54) is 0 Å². The van der Waals surface area contributed by atoms with Gasteiger partial charge in [-0.15, -0.1) is 0 Å². The van der Waals surface area contributed by atoms with Crippen LogP contribution in [-0.2, 0) is 0 Å². The number of aromatic nitrogens is 3. The number of aliphatic hydroxyl groups excluding tert-OH is 1. The third-order valence-corrected chi connectivity index (χ3v) is 6.31. The largest absolute Gasteiger partial charge is 0.373 e. The molecule has 0 bridgehead atoms. The van der Waals surface area contributed by atoms with E-state index < -0.39 is 6.23 Å². The molecule has 3 N–H and O–H groups in total. The highest BCUT2D eigenvalue weighted by atomic mass is 16.3. The van der Waals surface area contributed by atoms with Crippen LogP contribution in [0.3, 0.4) is 0 Å². The highest BCUT2D eigenvalue weighted by Gasteiger charge is 2.37. The molecule has 30 heavy (non-hydrogen) atoms. The number of benzene rings is 1. The molecule has 0 aliphatic carbocycles. The van der Waals surface area contributed by atoms with E-state index in [1.54, 1.807) is 7.05 Å². The summed E-state index contributed by atoms with van der Waals surface area (Å²) in [6.07, 6.45) is 2.10. The summed E-state index contributed by atoms with van der Waals surface area (Å²) in [7, 11) is 1.70. The van der Waals surface area contributed by atoms with Crippen LogP contribution >= 0.6 is 0 Å². The quantitative estimate of drug-likeness (QED) is 0.548. The minimum Gasteiger partial charge on any atom is -0.373 e. The van der Waals surface area contributed by atoms with Crippen molar-refractivity contribution in [3.05, 3.63) is 64.5 Å². The molecule has 0 radical (unpaired) electrons. The van der Waals surface area contributed by atoms with Crippen LogP contribution in [-0.4, -0.2) is 64.2 Å². The van der Waals surface area contributed by atoms with E-state index in [0.717, 1.165) is 49.6 Å². The third kappa shape index (κ3) is 3.47. The summed E-state index contributed by atoms with van der Waals surface area (Å²) < 4.78 is 0. The SMILES string of the molecule is CNC(O)c1ccc(N2CC(N3CCC(c4nc5ccccc5c(=O)[nH]4)C3)C2)cn1. The van der Waals surface area contributed by atoms with Gasteiger partial charge in [-0.05, 0) is 44.3 Å². The normalized spacial score (nSPS) is 21.1. The number of nitrogens with one attached hydrogen (secondary N) is 2. The molecule has 3 aromatic rings. The van der Waals surface area contributed by atoms with Crippen LogP contribution in [0.5, 0.6) is 0 Å². The van der Waals surface area contributed by atoms with Gasteiger partial charge < -0.3 is 15.0 Å². The van der Waals surface area contributed by atoms with Crippen molar-refractivity contribution < 1.29 is 5.11 Å². The number of aliphatic hydroxyl groups is 1. The monoisotopic (exact) mass is 406 g/mol. The summed E-state index contributed by atoms with van der Waals surface area (Å²) in [6, 6.07) is 11.9. The Bertz CT molecular complexity index is 1090. The number of para-hydroxylation sites is 1. The zero-order chi connectivity index (χ0) is 20.7. The predicted octanol–water partition coefficient (Wildman–Crippen LogP) is 1.21. The van der Waals surface area contributed by atoms with Gasteiger partial charge in [0.2, 0.25) is 0 Å². The van der Waals surface area contributed by atoms with E-state index in [2.05, 4.69) is 25.1 Å². The minimum atomic E-state index is -0.736. The fourth-order valence-corrected chi connectivity index (χ4v) is 4.43. The van der Waals surface area contributed by atoms with Crippen molar-refractivity contribution in [2.75, 3.05) is 38.1 Å². The maximum Gasteiger partial charge on any atom is 0.258 e. The molecule has 2 unspecified atom stereocenters. The summed E-state index contributed by atoms with van der Waals surface area (Å²) in [5.41, 5.74) is 2.42. The van der Waals surface area contributed by atoms with E-state index in [-0.39, 0.29) is 11.5 Å². The summed E-state index contributed by atoms with van der Waals surface area (Å²) in [6.45, 7) is 3.87. The molecule has 2 aliphatic rings. The lowest BCUT2D eigenvalue weighted by Crippen LogP contribution is -2.59. The molecule has 2 saturated heterocycles. The number of hydrogen-bond donors (Lipinski definition) is 3. The van der Waals surface area contributed by atoms with Crippen molar-refractivity contribution in [2.45, 2.75) is 24.6 Å². The number of pyridine rings is 1. The number of aromatic amines is 1. The molecule has 0 saturated carbocycles. The second-order valence-electron chi connectivity index (χ2n) is 8.14. The Morgan fingerprint density at radius 3 is 2.80 bits per heavy atom. The minimum absolute atomic E-state index is 0.0526. The van der Waals surface area contributed by atoms with Gasteiger partial charge in [-0.2, -0.15) is 0 Å². The molecule has 2 atom stereocenters. The van der Waals surface area contributed by atoms with Gasteiger partial charge >= 0.3 is 0 Å². The van der Waals surface area contributed by atoms with E-state index in [0.29, 0.717) is 17.1 Å². The smallest absolute Gasteiger partial charge is 0.258 e. The molecule has 156 valence electrons. The number of hydrogen-bond acceptors (Lipinski definition) is 7. The summed E-state index contributed by atoms with van der Waals surface area (Å²) in [5, 5.41) is 13.2. The van der Waals surface area contributed by atoms with Crippen molar-refractivity contribution in [1.29, 1.82) is 0 Å². The van der Waals surface area contributed by atoms with Crippen LogP contribution in [0.15, 0.2) is 47.4 Å². The Balaban J connectivity index is 1.21. The summed E-state index contributed by atoms with van der Waals surface area (Å²) >= 11 is 0. The zero-order valence-corrected chi connectivity index (χ0v) is 17.0. The van der Waals surface area contributed by atoms with E-state index in [4.69, 9.17) is 4.98 Å².